The molecule has 2 aromatic heterocycles. The summed E-state index contributed by atoms with van der Waals surface area (Å²) in [6.07, 6.45) is 5.40. The van der Waals surface area contributed by atoms with Gasteiger partial charge in [-0.05, 0) is 82.6 Å². The quantitative estimate of drug-likeness (QED) is 0.408. The van der Waals surface area contributed by atoms with Gasteiger partial charge in [-0.15, -0.1) is 0 Å². The molecule has 4 heterocycles. The number of ether oxygens (including phenoxy) is 1. The van der Waals surface area contributed by atoms with Gasteiger partial charge in [0.25, 0.3) is 5.91 Å². The zero-order valence-corrected chi connectivity index (χ0v) is 25.7. The molecule has 3 aromatic rings. The summed E-state index contributed by atoms with van der Waals surface area (Å²) in [6.45, 7) is 6.96. The first-order chi connectivity index (χ1) is 21.5. The zero-order chi connectivity index (χ0) is 31.9. The Labute approximate surface area is 260 Å². The number of fused-ring (bicyclic) bond motifs is 3. The number of rotatable bonds is 7. The number of amides is 3. The third kappa shape index (κ3) is 6.30. The molecule has 1 N–H and O–H groups in total. The number of aryl methyl sites for hydroxylation is 1. The Kier molecular flexibility index (Phi) is 8.12. The van der Waals surface area contributed by atoms with E-state index in [0.29, 0.717) is 42.1 Å². The number of hydrogen-bond donors (Lipinski definition) is 1. The summed E-state index contributed by atoms with van der Waals surface area (Å²) in [5, 5.41) is 16.8. The van der Waals surface area contributed by atoms with Crippen molar-refractivity contribution < 1.29 is 27.9 Å². The standard InChI is InChI=1S/C33H37FN6O5/c1-33(2,3)45-32(43)40-25-9-7-22(14-25)29(40)30(41)37-24(17-35)8-6-20-4-5-21(15-27(20)34)28-16-23(19-44-28)31(42)38-12-13-39-26(18-38)10-11-36-39/h4-5,10-11,15-16,19,22,24-25,29H,6-9,12-14,18H2,1-3H3,(H,37,41). The number of nitrogens with one attached hydrogen (secondary N) is 1. The van der Waals surface area contributed by atoms with Crippen LogP contribution in [0.25, 0.3) is 11.3 Å². The summed E-state index contributed by atoms with van der Waals surface area (Å²) in [4.78, 5) is 42.6. The molecule has 0 radical (unpaired) electrons. The van der Waals surface area contributed by atoms with Crippen LogP contribution in [0, 0.1) is 23.1 Å². The Morgan fingerprint density at radius 2 is 2.02 bits per heavy atom. The van der Waals surface area contributed by atoms with Crippen LogP contribution in [-0.4, -0.2) is 67.8 Å². The third-order valence-electron chi connectivity index (χ3n) is 8.84. The van der Waals surface area contributed by atoms with E-state index in [1.54, 1.807) is 50.1 Å². The van der Waals surface area contributed by atoms with E-state index in [4.69, 9.17) is 9.15 Å². The summed E-state index contributed by atoms with van der Waals surface area (Å²) >= 11 is 0. The van der Waals surface area contributed by atoms with E-state index in [9.17, 15) is 19.6 Å². The largest absolute Gasteiger partial charge is 0.464 e. The normalized spacial score (nSPS) is 21.3. The highest BCUT2D eigenvalue weighted by Gasteiger charge is 2.52. The molecule has 1 aromatic carbocycles. The number of benzene rings is 1. The van der Waals surface area contributed by atoms with Crippen molar-refractivity contribution >= 4 is 17.9 Å². The van der Waals surface area contributed by atoms with Crippen LogP contribution >= 0.6 is 0 Å². The first-order valence-electron chi connectivity index (χ1n) is 15.4. The lowest BCUT2D eigenvalue weighted by atomic mass is 9.97. The fourth-order valence-corrected chi connectivity index (χ4v) is 6.67. The highest BCUT2D eigenvalue weighted by atomic mass is 19.1. The molecule has 4 unspecified atom stereocenters. The minimum absolute atomic E-state index is 0.0220. The molecule has 11 nitrogen and oxygen atoms in total. The highest BCUT2D eigenvalue weighted by Crippen LogP contribution is 2.43. The molecule has 4 atom stereocenters. The van der Waals surface area contributed by atoms with Crippen molar-refractivity contribution in [3.05, 3.63) is 65.4 Å². The summed E-state index contributed by atoms with van der Waals surface area (Å²) < 4.78 is 28.3. The van der Waals surface area contributed by atoms with Crippen LogP contribution in [0.1, 0.15) is 68.1 Å². The van der Waals surface area contributed by atoms with Crippen LogP contribution in [0.5, 0.6) is 0 Å². The Morgan fingerprint density at radius 1 is 1.20 bits per heavy atom. The molecule has 1 saturated carbocycles. The Hall–Kier alpha value is -4.66. The molecule has 2 fully saturated rings. The number of halogens is 1. The van der Waals surface area contributed by atoms with Crippen molar-refractivity contribution in [3.63, 3.8) is 0 Å². The highest BCUT2D eigenvalue weighted by molar-refractivity contribution is 5.95. The van der Waals surface area contributed by atoms with Gasteiger partial charge in [-0.25, -0.2) is 9.18 Å². The van der Waals surface area contributed by atoms with Crippen LogP contribution in [-0.2, 0) is 29.0 Å². The minimum atomic E-state index is -0.858. The molecule has 3 amide bonds. The zero-order valence-electron chi connectivity index (χ0n) is 25.7. The topological polar surface area (TPSA) is 134 Å². The molecule has 1 aliphatic carbocycles. The lowest BCUT2D eigenvalue weighted by molar-refractivity contribution is -0.128. The SMILES string of the molecule is CC(C)(C)OC(=O)N1C2CCC(C2)C1C(=O)NC(C#N)CCc1ccc(-c2cc(C(=O)N3CCn4nccc4C3)co2)cc1F. The number of piperidine rings is 1. The van der Waals surface area contributed by atoms with Crippen LogP contribution in [0.2, 0.25) is 0 Å². The molecular formula is C33H37FN6O5. The smallest absolute Gasteiger partial charge is 0.411 e. The lowest BCUT2D eigenvalue weighted by Gasteiger charge is -2.35. The first kappa shape index (κ1) is 30.4. The summed E-state index contributed by atoms with van der Waals surface area (Å²) in [5.41, 5.74) is 1.52. The third-order valence-corrected chi connectivity index (χ3v) is 8.84. The van der Waals surface area contributed by atoms with Gasteiger partial charge < -0.3 is 19.4 Å². The second-order valence-electron chi connectivity index (χ2n) is 13.1. The predicted octanol–water partition coefficient (Wildman–Crippen LogP) is 4.67. The van der Waals surface area contributed by atoms with E-state index >= 15 is 4.39 Å². The summed E-state index contributed by atoms with van der Waals surface area (Å²) in [7, 11) is 0. The Bertz CT molecular complexity index is 1650. The fourth-order valence-electron chi connectivity index (χ4n) is 6.67. The average Bonchev–Trinajstić information content (AvgIpc) is 3.82. The van der Waals surface area contributed by atoms with Crippen LogP contribution in [0.15, 0.2) is 47.2 Å². The second-order valence-corrected chi connectivity index (χ2v) is 13.1. The maximum atomic E-state index is 15.2. The van der Waals surface area contributed by atoms with Gasteiger partial charge in [0.05, 0.1) is 30.4 Å². The Morgan fingerprint density at radius 3 is 2.78 bits per heavy atom. The number of aromatic nitrogens is 2. The predicted molar refractivity (Wildman–Crippen MR) is 160 cm³/mol. The molecule has 12 heteroatoms. The molecule has 0 spiro atoms. The molecule has 2 aliphatic heterocycles. The lowest BCUT2D eigenvalue weighted by Crippen LogP contribution is -2.55. The van der Waals surface area contributed by atoms with Gasteiger partial charge in [-0.3, -0.25) is 19.2 Å². The number of carbonyl (C=O) groups is 3. The van der Waals surface area contributed by atoms with Crippen LogP contribution in [0.3, 0.4) is 0 Å². The first-order valence-corrected chi connectivity index (χ1v) is 15.4. The van der Waals surface area contributed by atoms with E-state index in [2.05, 4.69) is 16.5 Å². The van der Waals surface area contributed by atoms with E-state index in [1.807, 2.05) is 10.7 Å². The van der Waals surface area contributed by atoms with Gasteiger partial charge in [0.15, 0.2) is 0 Å². The number of likely N-dealkylation sites (tertiary alicyclic amines) is 1. The van der Waals surface area contributed by atoms with Gasteiger partial charge in [0.2, 0.25) is 5.91 Å². The van der Waals surface area contributed by atoms with Gasteiger partial charge in [-0.2, -0.15) is 10.4 Å². The number of furan rings is 1. The number of nitriles is 1. The van der Waals surface area contributed by atoms with Gasteiger partial charge >= 0.3 is 6.09 Å². The molecule has 45 heavy (non-hydrogen) atoms. The van der Waals surface area contributed by atoms with E-state index in [1.165, 1.54) is 17.2 Å². The van der Waals surface area contributed by atoms with E-state index in [-0.39, 0.29) is 36.6 Å². The summed E-state index contributed by atoms with van der Waals surface area (Å²) in [6, 6.07) is 8.69. The second kappa shape index (κ2) is 12.0. The molecular weight excluding hydrogens is 579 g/mol. The van der Waals surface area contributed by atoms with E-state index < -0.39 is 29.6 Å². The van der Waals surface area contributed by atoms with Crippen molar-refractivity contribution in [1.29, 1.82) is 5.26 Å². The van der Waals surface area contributed by atoms with Crippen molar-refractivity contribution in [2.75, 3.05) is 6.54 Å². The number of hydrogen-bond acceptors (Lipinski definition) is 7. The maximum Gasteiger partial charge on any atom is 0.411 e. The van der Waals surface area contributed by atoms with Crippen molar-refractivity contribution in [2.45, 2.75) is 89.7 Å². The van der Waals surface area contributed by atoms with Crippen LogP contribution in [0.4, 0.5) is 9.18 Å². The van der Waals surface area contributed by atoms with Gasteiger partial charge in [0.1, 0.15) is 35.5 Å². The summed E-state index contributed by atoms with van der Waals surface area (Å²) in [5.74, 6) is -0.636. The molecule has 6 rings (SSSR count). The van der Waals surface area contributed by atoms with Crippen LogP contribution < -0.4 is 5.32 Å². The maximum absolute atomic E-state index is 15.2. The number of carbonyl (C=O) groups excluding carboxylic acids is 3. The molecule has 236 valence electrons. The fraction of sp³-hybridized carbons (Fsp3) is 0.485. The monoisotopic (exact) mass is 616 g/mol. The Balaban J connectivity index is 1.06. The van der Waals surface area contributed by atoms with Crippen molar-refractivity contribution in [1.82, 2.24) is 24.9 Å². The van der Waals surface area contributed by atoms with Crippen molar-refractivity contribution in [2.24, 2.45) is 5.92 Å². The average molecular weight is 617 g/mol. The molecule has 3 aliphatic rings. The molecule has 1 saturated heterocycles. The van der Waals surface area contributed by atoms with Gasteiger partial charge in [-0.1, -0.05) is 12.1 Å². The van der Waals surface area contributed by atoms with Gasteiger partial charge in [0, 0.05) is 24.3 Å². The molecule has 2 bridgehead atoms. The van der Waals surface area contributed by atoms with E-state index in [0.717, 1.165) is 25.0 Å². The number of nitrogens with zero attached hydrogens (tertiary/aromatic N) is 5. The minimum Gasteiger partial charge on any atom is -0.464 e. The van der Waals surface area contributed by atoms with Crippen molar-refractivity contribution in [3.8, 4) is 17.4 Å².